The Morgan fingerprint density at radius 2 is 0.692 bits per heavy atom. The molecule has 0 bridgehead atoms. The molecule has 0 saturated heterocycles. The van der Waals surface area contributed by atoms with Crippen LogP contribution < -0.4 is 5.73 Å². The fourth-order valence-corrected chi connectivity index (χ4v) is 17.3. The van der Waals surface area contributed by atoms with Gasteiger partial charge in [0.25, 0.3) is 0 Å². The molecule has 24 nitrogen and oxygen atoms in total. The van der Waals surface area contributed by atoms with E-state index in [0.717, 1.165) is 222 Å². The molecule has 4 aliphatic rings. The average molecular weight is 1620 g/mol. The zero-order valence-corrected chi connectivity index (χ0v) is 73.1. The summed E-state index contributed by atoms with van der Waals surface area (Å²) in [5, 5.41) is 53.1. The van der Waals surface area contributed by atoms with Crippen molar-refractivity contribution in [1.29, 1.82) is 0 Å². The van der Waals surface area contributed by atoms with Crippen LogP contribution in [0.1, 0.15) is 303 Å². The van der Waals surface area contributed by atoms with Gasteiger partial charge in [-0.15, -0.1) is 0 Å². The first-order valence-corrected chi connectivity index (χ1v) is 43.3. The summed E-state index contributed by atoms with van der Waals surface area (Å²) >= 11 is 0. The largest absolute Gasteiger partial charge is 0.388 e. The van der Waals surface area contributed by atoms with Crippen molar-refractivity contribution in [2.24, 2.45) is 0 Å². The van der Waals surface area contributed by atoms with Crippen LogP contribution in [-0.2, 0) is 11.2 Å². The van der Waals surface area contributed by atoms with Gasteiger partial charge in [0.15, 0.2) is 5.95 Å². The number of aliphatic hydroxyl groups excluding tert-OH is 1. The Morgan fingerprint density at radius 1 is 0.400 bits per heavy atom. The van der Waals surface area contributed by atoms with Gasteiger partial charge >= 0.3 is 0 Å². The molecule has 1 unspecified atom stereocenters. The molecule has 0 aliphatic heterocycles. The number of aromatic nitrogens is 15. The van der Waals surface area contributed by atoms with Crippen molar-refractivity contribution in [1.82, 2.24) is 75.6 Å². The molecule has 15 aromatic rings. The van der Waals surface area contributed by atoms with Crippen LogP contribution in [0.4, 0.5) is 5.95 Å². The number of rotatable bonds is 22. The summed E-state index contributed by atoms with van der Waals surface area (Å²) < 4.78 is 26.7. The maximum absolute atomic E-state index is 11.2. The van der Waals surface area contributed by atoms with Crippen molar-refractivity contribution in [3.8, 4) is 55.6 Å². The highest BCUT2D eigenvalue weighted by Gasteiger charge is 2.36. The highest BCUT2D eigenvalue weighted by Crippen LogP contribution is 2.48. The molecule has 120 heavy (non-hydrogen) atoms. The lowest BCUT2D eigenvalue weighted by Gasteiger charge is -2.26. The molecular formula is C96H116N16O8. The van der Waals surface area contributed by atoms with Gasteiger partial charge in [0.2, 0.25) is 0 Å². The molecule has 0 radical (unpaired) electrons. The smallest absolute Gasteiger partial charge is 0.198 e. The predicted molar refractivity (Wildman–Crippen MR) is 474 cm³/mol. The Kier molecular flexibility index (Phi) is 23.8. The zero-order valence-electron chi connectivity index (χ0n) is 73.1. The fourth-order valence-electron chi connectivity index (χ4n) is 17.3. The molecule has 19 rings (SSSR count). The summed E-state index contributed by atoms with van der Waals surface area (Å²) in [6, 6.07) is 21.1. The monoisotopic (exact) mass is 1620 g/mol. The topological polar surface area (TPSA) is 360 Å². The van der Waals surface area contributed by atoms with E-state index >= 15 is 0 Å². The van der Waals surface area contributed by atoms with E-state index < -0.39 is 17.3 Å². The summed E-state index contributed by atoms with van der Waals surface area (Å²) in [4.78, 5) is 41.0. The van der Waals surface area contributed by atoms with Crippen LogP contribution in [0, 0.1) is 69.2 Å². The number of hydrogen-bond acceptors (Lipinski definition) is 19. The van der Waals surface area contributed by atoms with Gasteiger partial charge in [0, 0.05) is 79.3 Å². The van der Waals surface area contributed by atoms with Crippen LogP contribution in [0.2, 0.25) is 0 Å². The Hall–Kier alpha value is -11.3. The molecule has 1 atom stereocenters. The van der Waals surface area contributed by atoms with Crippen LogP contribution >= 0.6 is 0 Å². The number of hydrogen-bond donors (Lipinski definition) is 9. The third-order valence-corrected chi connectivity index (χ3v) is 24.9. The lowest BCUT2D eigenvalue weighted by Crippen LogP contribution is -2.24. The molecule has 5 aromatic carbocycles. The third-order valence-electron chi connectivity index (χ3n) is 24.9. The van der Waals surface area contributed by atoms with Crippen molar-refractivity contribution in [2.75, 3.05) is 5.73 Å². The summed E-state index contributed by atoms with van der Waals surface area (Å²) in [5.41, 5.74) is 36.1. The fraction of sp³-hybridized carbons (Fsp3) is 0.438. The third kappa shape index (κ3) is 16.5. The van der Waals surface area contributed by atoms with Gasteiger partial charge in [-0.2, -0.15) is 0 Å². The van der Waals surface area contributed by atoms with E-state index in [1.54, 1.807) is 0 Å². The van der Waals surface area contributed by atoms with E-state index in [0.29, 0.717) is 67.2 Å². The summed E-state index contributed by atoms with van der Waals surface area (Å²) in [6.07, 6.45) is 19.9. The number of anilines is 1. The standard InChI is InChI=1S/C21H25N3O.C20H25N3O2.C20H23N3O.C18H21N3O2.C17H22N4O2/c1-5-7-14(6-2)17-10-16(19-12(3)24-25-13(19)4)11-18-20(17)23-21(22-18)15-8-9-15;1-5-20(24,6-2)15-9-14(17-11(3)23-25-12(17)4)10-16-18(15)22-19(21-16)13-7-8-13;1-5-13(6-2)16-9-15(18-11(3)23-24-12(18)4)10-17-19(16)22-20(21-17)14-7-8-14;1-4-15(22)13-7-12(16-9(2)21-23-10(16)3)8-14-17(13)20-18(19-14)11-5-6-11;1-5-17(22,6-2)12-7-11(14-9(3)21-23-10(14)4)8-13-15(12)20-16(18)19-13/h7,10-11,15H,5-6,8-9H2,1-4H3,(H,22,23);9-10,13,24H,5-8H2,1-4H3,(H,21,22);5,9-10,14H,6-8H2,1-4H3,(H,21,22);7-8,11,15,22H,4-6H2,1-3H3,(H,19,20);7-8,22H,5-6H2,1-4H3,(H3,18,19,20)/b14-7+;;13-5-;;. The molecule has 4 aliphatic carbocycles. The first-order valence-electron chi connectivity index (χ1n) is 43.3. The van der Waals surface area contributed by atoms with E-state index in [9.17, 15) is 15.3 Å². The molecule has 10 N–H and O–H groups in total. The van der Waals surface area contributed by atoms with Crippen LogP contribution in [0.25, 0.3) is 122 Å². The van der Waals surface area contributed by atoms with Crippen molar-refractivity contribution in [2.45, 2.75) is 275 Å². The minimum atomic E-state index is -0.950. The molecule has 628 valence electrons. The van der Waals surface area contributed by atoms with Gasteiger partial charge in [-0.1, -0.05) is 93.3 Å². The molecule has 0 amide bonds. The molecule has 10 aromatic heterocycles. The van der Waals surface area contributed by atoms with Crippen LogP contribution in [0.5, 0.6) is 0 Å². The minimum Gasteiger partial charge on any atom is -0.388 e. The number of nitrogens with zero attached hydrogens (tertiary/aromatic N) is 10. The SMILES string of the molecule is C/C=C(/CC)c1cc(-c2c(C)noc2C)cc2[nH]c(C3CC3)nc12.CC/C=C(\CC)c1cc(-c2c(C)noc2C)cc2[nH]c(C3CC3)nc12.CCC(O)(CC)c1cc(-c2c(C)noc2C)cc2[nH]c(C3CC3)nc12.CCC(O)(CC)c1cc(-c2c(C)noc2C)cc2[nH]c(N)nc12.CCC(O)c1cc(-c2c(C)noc2C)cc2[nH]c(C3CC3)nc12. The highest BCUT2D eigenvalue weighted by molar-refractivity contribution is 5.96. The first-order chi connectivity index (χ1) is 57.7. The number of aromatic amines is 5. The van der Waals surface area contributed by atoms with E-state index in [4.69, 9.17) is 48.3 Å². The van der Waals surface area contributed by atoms with Gasteiger partial charge in [-0.05, 0) is 279 Å². The Morgan fingerprint density at radius 3 is 0.992 bits per heavy atom. The van der Waals surface area contributed by atoms with Crippen molar-refractivity contribution in [3.05, 3.63) is 181 Å². The van der Waals surface area contributed by atoms with Crippen LogP contribution in [0.3, 0.4) is 0 Å². The molecule has 24 heteroatoms. The maximum Gasteiger partial charge on any atom is 0.198 e. The summed E-state index contributed by atoms with van der Waals surface area (Å²) in [6.45, 7) is 38.1. The number of aliphatic hydroxyl groups is 3. The molecule has 4 fully saturated rings. The van der Waals surface area contributed by atoms with E-state index in [-0.39, 0.29) is 0 Å². The van der Waals surface area contributed by atoms with Crippen LogP contribution in [-0.4, -0.2) is 90.9 Å². The van der Waals surface area contributed by atoms with Gasteiger partial charge in [-0.25, -0.2) is 24.9 Å². The number of imidazole rings is 5. The first kappa shape index (κ1) is 83.7. The van der Waals surface area contributed by atoms with Crippen LogP contribution in [0.15, 0.2) is 95.4 Å². The maximum atomic E-state index is 11.2. The van der Waals surface area contributed by atoms with Gasteiger partial charge in [0.1, 0.15) is 52.1 Å². The van der Waals surface area contributed by atoms with Gasteiger partial charge in [-0.3, -0.25) is 0 Å². The minimum absolute atomic E-state index is 0.340. The zero-order chi connectivity index (χ0) is 85.1. The number of fused-ring (bicyclic) bond motifs is 5. The van der Waals surface area contributed by atoms with E-state index in [2.05, 4.69) is 138 Å². The number of allylic oxidation sites excluding steroid dienone is 4. The molecule has 0 spiro atoms. The second-order valence-electron chi connectivity index (χ2n) is 33.4. The number of nitrogens with two attached hydrogens (primary N) is 1. The van der Waals surface area contributed by atoms with E-state index in [1.807, 2.05) is 122 Å². The number of nitrogen functional groups attached to an aromatic ring is 1. The quantitative estimate of drug-likeness (QED) is 0.0304. The summed E-state index contributed by atoms with van der Waals surface area (Å²) in [5.74, 6) is 11.1. The second kappa shape index (κ2) is 34.0. The normalized spacial score (nSPS) is 14.9. The van der Waals surface area contributed by atoms with Crippen molar-refractivity contribution in [3.63, 3.8) is 0 Å². The van der Waals surface area contributed by atoms with Crippen molar-refractivity contribution >= 4 is 72.3 Å². The molecular weight excluding hydrogens is 1510 g/mol. The Bertz CT molecular complexity index is 6230. The second-order valence-corrected chi connectivity index (χ2v) is 33.4. The number of benzene rings is 5. The predicted octanol–water partition coefficient (Wildman–Crippen LogP) is 23.7. The number of nitrogens with one attached hydrogen (secondary N) is 5. The highest BCUT2D eigenvalue weighted by atomic mass is 16.5. The van der Waals surface area contributed by atoms with Crippen molar-refractivity contribution < 1.29 is 37.9 Å². The van der Waals surface area contributed by atoms with E-state index in [1.165, 1.54) is 73.6 Å². The Balaban J connectivity index is 0.000000117. The number of aryl methyl sites for hydroxylation is 10. The lowest BCUT2D eigenvalue weighted by molar-refractivity contribution is 0.0294. The lowest BCUT2D eigenvalue weighted by atomic mass is 9.85. The molecule has 4 saturated carbocycles. The Labute approximate surface area is 699 Å². The number of H-pyrrole nitrogens is 5. The molecule has 10 heterocycles. The average Bonchev–Trinajstić information content (AvgIpc) is 1.65. The van der Waals surface area contributed by atoms with Gasteiger partial charge in [0.05, 0.1) is 101 Å². The summed E-state index contributed by atoms with van der Waals surface area (Å²) in [7, 11) is 0. The van der Waals surface area contributed by atoms with Gasteiger partial charge < -0.3 is 68.6 Å².